The normalized spacial score (nSPS) is 11.5. The van der Waals surface area contributed by atoms with Crippen molar-refractivity contribution in [1.29, 1.82) is 0 Å². The van der Waals surface area contributed by atoms with Crippen molar-refractivity contribution < 1.29 is 8.42 Å². The summed E-state index contributed by atoms with van der Waals surface area (Å²) in [6.45, 7) is 3.16. The van der Waals surface area contributed by atoms with Gasteiger partial charge in [-0.3, -0.25) is 14.1 Å². The Balaban J connectivity index is 1.72. The van der Waals surface area contributed by atoms with E-state index in [1.165, 1.54) is 12.4 Å². The smallest absolute Gasteiger partial charge is 0.265 e. The van der Waals surface area contributed by atoms with Crippen LogP contribution in [0.1, 0.15) is 12.5 Å². The first-order chi connectivity index (χ1) is 11.1. The monoisotopic (exact) mass is 331 g/mol. The van der Waals surface area contributed by atoms with Gasteiger partial charge in [-0.15, -0.1) is 0 Å². The lowest BCUT2D eigenvalue weighted by atomic mass is 10.2. The van der Waals surface area contributed by atoms with Crippen molar-refractivity contribution in [1.82, 2.24) is 19.6 Å². The van der Waals surface area contributed by atoms with E-state index in [1.54, 1.807) is 27.7 Å². The van der Waals surface area contributed by atoms with Crippen LogP contribution in [0, 0.1) is 0 Å². The average Bonchev–Trinajstić information content (AvgIpc) is 3.20. The largest absolute Gasteiger partial charge is 0.280 e. The molecule has 1 N–H and O–H groups in total. The number of hydrogen-bond acceptors (Lipinski definition) is 4. The Morgan fingerprint density at radius 1 is 1.13 bits per heavy atom. The summed E-state index contributed by atoms with van der Waals surface area (Å²) >= 11 is 0. The minimum absolute atomic E-state index is 0.153. The second-order valence-corrected chi connectivity index (χ2v) is 6.72. The molecule has 1 aromatic carbocycles. The van der Waals surface area contributed by atoms with Gasteiger partial charge >= 0.3 is 0 Å². The van der Waals surface area contributed by atoms with Gasteiger partial charge in [0.15, 0.2) is 0 Å². The number of benzene rings is 1. The Morgan fingerprint density at radius 2 is 1.91 bits per heavy atom. The lowest BCUT2D eigenvalue weighted by Gasteiger charge is -2.07. The van der Waals surface area contributed by atoms with Crippen molar-refractivity contribution >= 4 is 15.7 Å². The van der Waals surface area contributed by atoms with E-state index in [0.717, 1.165) is 5.56 Å². The standard InChI is InChI=1S/C15H17N5O2S/c1-2-19-12-15(10-17-19)23(21,22)18-14-6-4-13(5-7-14)11-20-9-3-8-16-20/h3-10,12,18H,2,11H2,1H3. The Bertz CT molecular complexity index is 867. The maximum atomic E-state index is 12.3. The maximum absolute atomic E-state index is 12.3. The molecule has 2 heterocycles. The Labute approximate surface area is 134 Å². The van der Waals surface area contributed by atoms with Crippen LogP contribution in [0.5, 0.6) is 0 Å². The quantitative estimate of drug-likeness (QED) is 0.748. The molecule has 120 valence electrons. The first-order valence-corrected chi connectivity index (χ1v) is 8.67. The van der Waals surface area contributed by atoms with Gasteiger partial charge in [0, 0.05) is 30.8 Å². The minimum atomic E-state index is -3.62. The Hall–Kier alpha value is -2.61. The summed E-state index contributed by atoms with van der Waals surface area (Å²) in [5.74, 6) is 0. The molecule has 0 fully saturated rings. The Kier molecular flexibility index (Phi) is 4.16. The summed E-state index contributed by atoms with van der Waals surface area (Å²) in [4.78, 5) is 0.153. The molecule has 0 radical (unpaired) electrons. The summed E-state index contributed by atoms with van der Waals surface area (Å²) in [7, 11) is -3.62. The van der Waals surface area contributed by atoms with Gasteiger partial charge < -0.3 is 0 Å². The molecule has 0 aliphatic heterocycles. The Morgan fingerprint density at radius 3 is 2.52 bits per heavy atom. The second-order valence-electron chi connectivity index (χ2n) is 5.04. The fourth-order valence-electron chi connectivity index (χ4n) is 2.13. The highest BCUT2D eigenvalue weighted by molar-refractivity contribution is 7.92. The third kappa shape index (κ3) is 3.59. The lowest BCUT2D eigenvalue weighted by molar-refractivity contribution is 0.600. The molecule has 3 rings (SSSR count). The number of sulfonamides is 1. The summed E-state index contributed by atoms with van der Waals surface area (Å²) in [6, 6.07) is 9.07. The number of nitrogens with zero attached hydrogens (tertiary/aromatic N) is 4. The van der Waals surface area contributed by atoms with Crippen LogP contribution in [-0.4, -0.2) is 28.0 Å². The summed E-state index contributed by atoms with van der Waals surface area (Å²) < 4.78 is 30.5. The van der Waals surface area contributed by atoms with Crippen molar-refractivity contribution in [2.24, 2.45) is 0 Å². The number of rotatable bonds is 6. The molecule has 0 unspecified atom stereocenters. The molecule has 8 heteroatoms. The van der Waals surface area contributed by atoms with Gasteiger partial charge in [-0.25, -0.2) is 8.42 Å². The minimum Gasteiger partial charge on any atom is -0.280 e. The zero-order valence-electron chi connectivity index (χ0n) is 12.6. The number of hydrogen-bond donors (Lipinski definition) is 1. The molecule has 2 aromatic heterocycles. The van der Waals surface area contributed by atoms with Gasteiger partial charge in [0.1, 0.15) is 4.90 Å². The maximum Gasteiger partial charge on any atom is 0.265 e. The van der Waals surface area contributed by atoms with Crippen molar-refractivity contribution in [3.63, 3.8) is 0 Å². The van der Waals surface area contributed by atoms with Crippen LogP contribution in [-0.2, 0) is 23.1 Å². The highest BCUT2D eigenvalue weighted by atomic mass is 32.2. The molecule has 0 saturated carbocycles. The fraction of sp³-hybridized carbons (Fsp3) is 0.200. The molecule has 0 spiro atoms. The molecule has 0 aliphatic rings. The molecular weight excluding hydrogens is 314 g/mol. The molecule has 0 aliphatic carbocycles. The van der Waals surface area contributed by atoms with Crippen LogP contribution < -0.4 is 4.72 Å². The number of nitrogens with one attached hydrogen (secondary N) is 1. The molecule has 0 atom stereocenters. The van der Waals surface area contributed by atoms with Crippen LogP contribution >= 0.6 is 0 Å². The van der Waals surface area contributed by atoms with Gasteiger partial charge in [0.25, 0.3) is 10.0 Å². The zero-order chi connectivity index (χ0) is 16.3. The summed E-state index contributed by atoms with van der Waals surface area (Å²) in [6.07, 6.45) is 6.45. The SMILES string of the molecule is CCn1cc(S(=O)(=O)Nc2ccc(Cn3cccn3)cc2)cn1. The van der Waals surface area contributed by atoms with Gasteiger partial charge in [-0.1, -0.05) is 12.1 Å². The average molecular weight is 331 g/mol. The molecule has 0 amide bonds. The van der Waals surface area contributed by atoms with Gasteiger partial charge in [-0.05, 0) is 30.7 Å². The number of aromatic nitrogens is 4. The first-order valence-electron chi connectivity index (χ1n) is 7.18. The summed E-state index contributed by atoms with van der Waals surface area (Å²) in [5.41, 5.74) is 1.55. The van der Waals surface area contributed by atoms with Crippen molar-refractivity contribution in [3.05, 3.63) is 60.7 Å². The van der Waals surface area contributed by atoms with Crippen molar-refractivity contribution in [3.8, 4) is 0 Å². The van der Waals surface area contributed by atoms with Crippen LogP contribution in [0.25, 0.3) is 0 Å². The first kappa shape index (κ1) is 15.3. The van der Waals surface area contributed by atoms with E-state index < -0.39 is 10.0 Å². The molecule has 23 heavy (non-hydrogen) atoms. The van der Waals surface area contributed by atoms with Gasteiger partial charge in [-0.2, -0.15) is 10.2 Å². The second kappa shape index (κ2) is 6.25. The van der Waals surface area contributed by atoms with Crippen LogP contribution in [0.2, 0.25) is 0 Å². The zero-order valence-corrected chi connectivity index (χ0v) is 13.4. The number of aryl methyl sites for hydroxylation is 1. The number of anilines is 1. The highest BCUT2D eigenvalue weighted by Crippen LogP contribution is 2.16. The molecule has 3 aromatic rings. The molecular formula is C15H17N5O2S. The van der Waals surface area contributed by atoms with Crippen LogP contribution in [0.4, 0.5) is 5.69 Å². The van der Waals surface area contributed by atoms with E-state index in [-0.39, 0.29) is 4.90 Å². The third-order valence-corrected chi connectivity index (χ3v) is 4.69. The topological polar surface area (TPSA) is 81.8 Å². The predicted octanol–water partition coefficient (Wildman–Crippen LogP) is 1.95. The van der Waals surface area contributed by atoms with E-state index >= 15 is 0 Å². The van der Waals surface area contributed by atoms with Gasteiger partial charge in [0.2, 0.25) is 0 Å². The van der Waals surface area contributed by atoms with E-state index in [0.29, 0.717) is 18.8 Å². The fourth-order valence-corrected chi connectivity index (χ4v) is 3.14. The van der Waals surface area contributed by atoms with E-state index in [4.69, 9.17) is 0 Å². The molecule has 0 saturated heterocycles. The van der Waals surface area contributed by atoms with Crippen LogP contribution in [0.15, 0.2) is 60.0 Å². The third-order valence-electron chi connectivity index (χ3n) is 3.35. The van der Waals surface area contributed by atoms with E-state index in [1.807, 2.05) is 31.3 Å². The van der Waals surface area contributed by atoms with Crippen molar-refractivity contribution in [2.75, 3.05) is 4.72 Å². The van der Waals surface area contributed by atoms with Crippen molar-refractivity contribution in [2.45, 2.75) is 24.9 Å². The predicted molar refractivity (Wildman–Crippen MR) is 86.5 cm³/mol. The molecule has 0 bridgehead atoms. The molecule has 7 nitrogen and oxygen atoms in total. The van der Waals surface area contributed by atoms with Crippen LogP contribution in [0.3, 0.4) is 0 Å². The lowest BCUT2D eigenvalue weighted by Crippen LogP contribution is -2.12. The van der Waals surface area contributed by atoms with Gasteiger partial charge in [0.05, 0.1) is 12.7 Å². The van der Waals surface area contributed by atoms with E-state index in [2.05, 4.69) is 14.9 Å². The highest BCUT2D eigenvalue weighted by Gasteiger charge is 2.16. The summed E-state index contributed by atoms with van der Waals surface area (Å²) in [5, 5.41) is 8.13. The van der Waals surface area contributed by atoms with E-state index in [9.17, 15) is 8.42 Å².